The third-order valence-electron chi connectivity index (χ3n) is 3.49. The van der Waals surface area contributed by atoms with E-state index >= 15 is 0 Å². The molecule has 0 radical (unpaired) electrons. The summed E-state index contributed by atoms with van der Waals surface area (Å²) >= 11 is 5.85. The summed E-state index contributed by atoms with van der Waals surface area (Å²) in [6.45, 7) is 4.73. The number of nitrogens with zero attached hydrogens (tertiary/aromatic N) is 1. The van der Waals surface area contributed by atoms with Crippen LogP contribution in [0.25, 0.3) is 0 Å². The summed E-state index contributed by atoms with van der Waals surface area (Å²) in [6.07, 6.45) is 2.15. The van der Waals surface area contributed by atoms with Crippen molar-refractivity contribution in [1.82, 2.24) is 10.3 Å². The van der Waals surface area contributed by atoms with Crippen LogP contribution in [0.15, 0.2) is 30.5 Å². The van der Waals surface area contributed by atoms with E-state index in [4.69, 9.17) is 17.3 Å². The fourth-order valence-electron chi connectivity index (χ4n) is 2.49. The van der Waals surface area contributed by atoms with Gasteiger partial charge in [-0.1, -0.05) is 30.7 Å². The van der Waals surface area contributed by atoms with Crippen molar-refractivity contribution in [2.24, 2.45) is 0 Å². The third kappa shape index (κ3) is 3.52. The van der Waals surface area contributed by atoms with Gasteiger partial charge in [0.15, 0.2) is 0 Å². The summed E-state index contributed by atoms with van der Waals surface area (Å²) in [4.78, 5) is 4.14. The van der Waals surface area contributed by atoms with Crippen LogP contribution >= 0.6 is 11.6 Å². The predicted octanol–water partition coefficient (Wildman–Crippen LogP) is 3.66. The van der Waals surface area contributed by atoms with Crippen molar-refractivity contribution in [3.05, 3.63) is 58.0 Å². The van der Waals surface area contributed by atoms with Crippen LogP contribution in [-0.4, -0.2) is 11.5 Å². The number of aromatic nitrogens is 1. The van der Waals surface area contributed by atoms with Crippen molar-refractivity contribution in [1.29, 1.82) is 0 Å². The zero-order chi connectivity index (χ0) is 15.4. The van der Waals surface area contributed by atoms with E-state index in [0.29, 0.717) is 17.8 Å². The lowest BCUT2D eigenvalue weighted by atomic mass is 9.95. The van der Waals surface area contributed by atoms with Gasteiger partial charge in [-0.2, -0.15) is 0 Å². The third-order valence-corrected chi connectivity index (χ3v) is 3.79. The molecule has 3 N–H and O–H groups in total. The highest BCUT2D eigenvalue weighted by atomic mass is 35.5. The molecule has 0 fully saturated rings. The van der Waals surface area contributed by atoms with Crippen LogP contribution < -0.4 is 11.1 Å². The molecule has 21 heavy (non-hydrogen) atoms. The number of nitrogens with two attached hydrogens (primary N) is 1. The zero-order valence-electron chi connectivity index (χ0n) is 12.2. The van der Waals surface area contributed by atoms with Crippen LogP contribution in [0.4, 0.5) is 10.2 Å². The van der Waals surface area contributed by atoms with E-state index in [9.17, 15) is 4.39 Å². The van der Waals surface area contributed by atoms with E-state index in [-0.39, 0.29) is 16.9 Å². The van der Waals surface area contributed by atoms with E-state index < -0.39 is 0 Å². The highest BCUT2D eigenvalue weighted by molar-refractivity contribution is 6.30. The second-order valence-corrected chi connectivity index (χ2v) is 5.36. The molecule has 0 aliphatic rings. The van der Waals surface area contributed by atoms with E-state index in [2.05, 4.69) is 10.3 Å². The van der Waals surface area contributed by atoms with Gasteiger partial charge in [-0.25, -0.2) is 9.37 Å². The summed E-state index contributed by atoms with van der Waals surface area (Å²) in [5.41, 5.74) is 8.52. The first-order valence-corrected chi connectivity index (χ1v) is 7.29. The van der Waals surface area contributed by atoms with Crippen molar-refractivity contribution in [2.75, 3.05) is 12.3 Å². The Hall–Kier alpha value is -1.65. The molecule has 1 unspecified atom stereocenters. The molecule has 1 heterocycles. The van der Waals surface area contributed by atoms with E-state index in [1.165, 1.54) is 0 Å². The molecule has 0 bridgehead atoms. The first kappa shape index (κ1) is 15.7. The number of nitrogens with one attached hydrogen (secondary N) is 1. The maximum absolute atomic E-state index is 14.1. The predicted molar refractivity (Wildman–Crippen MR) is 84.9 cm³/mol. The quantitative estimate of drug-likeness (QED) is 0.886. The molecule has 2 rings (SSSR count). The maximum Gasteiger partial charge on any atom is 0.145 e. The van der Waals surface area contributed by atoms with Gasteiger partial charge < -0.3 is 11.1 Å². The minimum absolute atomic E-state index is 0.100. The minimum Gasteiger partial charge on any atom is -0.383 e. The number of likely N-dealkylation sites (N-methyl/N-ethyl adjacent to an activating group) is 1. The van der Waals surface area contributed by atoms with Gasteiger partial charge in [0.25, 0.3) is 0 Å². The molecular weight excluding hydrogens is 289 g/mol. The molecule has 112 valence electrons. The Morgan fingerprint density at radius 2 is 2.14 bits per heavy atom. The fraction of sp³-hybridized carbons (Fsp3) is 0.312. The Labute approximate surface area is 129 Å². The van der Waals surface area contributed by atoms with E-state index in [0.717, 1.165) is 17.7 Å². The highest BCUT2D eigenvalue weighted by Crippen LogP contribution is 2.28. The smallest absolute Gasteiger partial charge is 0.145 e. The standard InChI is InChI=1S/C16H19ClFN3/c1-3-20-13(14-10(2)7-8-21-16(14)19)9-11-5-4-6-12(17)15(11)18/h4-8,13,20H,3,9H2,1-2H3,(H2,19,21). The number of hydrogen-bond donors (Lipinski definition) is 2. The zero-order valence-corrected chi connectivity index (χ0v) is 12.9. The molecule has 3 nitrogen and oxygen atoms in total. The van der Waals surface area contributed by atoms with E-state index in [1.807, 2.05) is 19.9 Å². The largest absolute Gasteiger partial charge is 0.383 e. The number of aryl methyl sites for hydroxylation is 1. The van der Waals surface area contributed by atoms with Crippen molar-refractivity contribution in [3.63, 3.8) is 0 Å². The van der Waals surface area contributed by atoms with Crippen LogP contribution in [0.3, 0.4) is 0 Å². The lowest BCUT2D eigenvalue weighted by molar-refractivity contribution is 0.526. The molecule has 0 aliphatic heterocycles. The monoisotopic (exact) mass is 307 g/mol. The summed E-state index contributed by atoms with van der Waals surface area (Å²) in [5.74, 6) is 0.102. The molecule has 0 spiro atoms. The normalized spacial score (nSPS) is 12.4. The topological polar surface area (TPSA) is 50.9 Å². The second kappa shape index (κ2) is 6.87. The molecule has 5 heteroatoms. The molecule has 0 saturated heterocycles. The van der Waals surface area contributed by atoms with Gasteiger partial charge >= 0.3 is 0 Å². The Morgan fingerprint density at radius 3 is 2.81 bits per heavy atom. The van der Waals surface area contributed by atoms with Crippen molar-refractivity contribution in [2.45, 2.75) is 26.3 Å². The van der Waals surface area contributed by atoms with Crippen LogP contribution in [0, 0.1) is 12.7 Å². The van der Waals surface area contributed by atoms with Gasteiger partial charge in [0.1, 0.15) is 11.6 Å². The first-order chi connectivity index (χ1) is 10.0. The number of rotatable bonds is 5. The van der Waals surface area contributed by atoms with Gasteiger partial charge in [0.2, 0.25) is 0 Å². The minimum atomic E-state index is -0.373. The number of anilines is 1. The Kier molecular flexibility index (Phi) is 5.15. The van der Waals surface area contributed by atoms with Crippen LogP contribution in [0.1, 0.15) is 29.7 Å². The summed E-state index contributed by atoms with van der Waals surface area (Å²) in [5, 5.41) is 3.48. The van der Waals surface area contributed by atoms with Crippen LogP contribution in [0.5, 0.6) is 0 Å². The summed E-state index contributed by atoms with van der Waals surface area (Å²) < 4.78 is 14.1. The Balaban J connectivity index is 2.38. The second-order valence-electron chi connectivity index (χ2n) is 4.95. The molecule has 0 saturated carbocycles. The SMILES string of the molecule is CCNC(Cc1cccc(Cl)c1F)c1c(C)ccnc1N. The lowest BCUT2D eigenvalue weighted by Crippen LogP contribution is -2.25. The maximum atomic E-state index is 14.1. The lowest BCUT2D eigenvalue weighted by Gasteiger charge is -2.22. The average molecular weight is 308 g/mol. The first-order valence-electron chi connectivity index (χ1n) is 6.91. The number of benzene rings is 1. The Bertz CT molecular complexity index is 611. The summed E-state index contributed by atoms with van der Waals surface area (Å²) in [6, 6.07) is 6.85. The van der Waals surface area contributed by atoms with E-state index in [1.54, 1.807) is 24.4 Å². The molecule has 0 amide bonds. The van der Waals surface area contributed by atoms with Gasteiger partial charge in [-0.05, 0) is 43.1 Å². The molecule has 2 aromatic rings. The van der Waals surface area contributed by atoms with Crippen LogP contribution in [-0.2, 0) is 6.42 Å². The van der Waals surface area contributed by atoms with Crippen molar-refractivity contribution < 1.29 is 4.39 Å². The number of halogens is 2. The highest BCUT2D eigenvalue weighted by Gasteiger charge is 2.19. The average Bonchev–Trinajstić information content (AvgIpc) is 2.44. The van der Waals surface area contributed by atoms with Crippen molar-refractivity contribution in [3.8, 4) is 0 Å². The Morgan fingerprint density at radius 1 is 1.38 bits per heavy atom. The summed E-state index contributed by atoms with van der Waals surface area (Å²) in [7, 11) is 0. The molecule has 1 aromatic carbocycles. The number of pyridine rings is 1. The van der Waals surface area contributed by atoms with Crippen LogP contribution in [0.2, 0.25) is 5.02 Å². The molecule has 1 atom stereocenters. The van der Waals surface area contributed by atoms with Gasteiger partial charge in [-0.3, -0.25) is 0 Å². The number of hydrogen-bond acceptors (Lipinski definition) is 3. The van der Waals surface area contributed by atoms with Gasteiger partial charge in [0.05, 0.1) is 5.02 Å². The number of nitrogen functional groups attached to an aromatic ring is 1. The van der Waals surface area contributed by atoms with Gasteiger partial charge in [0, 0.05) is 17.8 Å². The van der Waals surface area contributed by atoms with Crippen molar-refractivity contribution >= 4 is 17.4 Å². The molecule has 0 aliphatic carbocycles. The molecular formula is C16H19ClFN3. The molecule has 1 aromatic heterocycles. The fourth-order valence-corrected chi connectivity index (χ4v) is 2.69. The van der Waals surface area contributed by atoms with Gasteiger partial charge in [-0.15, -0.1) is 0 Å².